The Bertz CT molecular complexity index is 658. The summed E-state index contributed by atoms with van der Waals surface area (Å²) in [5.41, 5.74) is 3.07. The standard InChI is InChI=1S/C15H13BrClNO2/c1-9-2-3-10(15(19)20)7-14(9)18-8-11-6-12(17)4-5-13(11)16/h2-7,18H,8H2,1H3,(H,19,20). The number of hydrogen-bond acceptors (Lipinski definition) is 2. The summed E-state index contributed by atoms with van der Waals surface area (Å²) in [5, 5.41) is 12.9. The van der Waals surface area contributed by atoms with Crippen LogP contribution >= 0.6 is 27.5 Å². The number of carbonyl (C=O) groups is 1. The van der Waals surface area contributed by atoms with E-state index in [0.717, 1.165) is 21.3 Å². The Balaban J connectivity index is 2.20. The number of hydrogen-bond donors (Lipinski definition) is 2. The van der Waals surface area contributed by atoms with E-state index < -0.39 is 5.97 Å². The summed E-state index contributed by atoms with van der Waals surface area (Å²) in [6.45, 7) is 2.49. The number of carboxylic acids is 1. The van der Waals surface area contributed by atoms with Crippen LogP contribution in [0.2, 0.25) is 5.02 Å². The molecule has 0 atom stereocenters. The molecule has 20 heavy (non-hydrogen) atoms. The van der Waals surface area contributed by atoms with E-state index in [0.29, 0.717) is 11.6 Å². The van der Waals surface area contributed by atoms with Crippen LogP contribution in [0, 0.1) is 6.92 Å². The molecule has 0 aliphatic heterocycles. The van der Waals surface area contributed by atoms with E-state index in [9.17, 15) is 4.79 Å². The van der Waals surface area contributed by atoms with Crippen molar-refractivity contribution in [1.29, 1.82) is 0 Å². The van der Waals surface area contributed by atoms with Crippen LogP contribution < -0.4 is 5.32 Å². The second-order valence-electron chi connectivity index (χ2n) is 4.42. The molecule has 104 valence electrons. The zero-order chi connectivity index (χ0) is 14.7. The summed E-state index contributed by atoms with van der Waals surface area (Å²) >= 11 is 9.44. The molecular formula is C15H13BrClNO2. The third-order valence-corrected chi connectivity index (χ3v) is 3.97. The van der Waals surface area contributed by atoms with Gasteiger partial charge in [0.05, 0.1) is 5.56 Å². The van der Waals surface area contributed by atoms with Gasteiger partial charge in [-0.3, -0.25) is 0 Å². The molecule has 0 aliphatic rings. The van der Waals surface area contributed by atoms with Gasteiger partial charge in [-0.25, -0.2) is 4.79 Å². The molecule has 0 unspecified atom stereocenters. The fourth-order valence-electron chi connectivity index (χ4n) is 1.81. The minimum Gasteiger partial charge on any atom is -0.478 e. The Morgan fingerprint density at radius 2 is 2.05 bits per heavy atom. The van der Waals surface area contributed by atoms with Crippen molar-refractivity contribution in [3.8, 4) is 0 Å². The van der Waals surface area contributed by atoms with Gasteiger partial charge in [-0.15, -0.1) is 0 Å². The van der Waals surface area contributed by atoms with Gasteiger partial charge in [0.15, 0.2) is 0 Å². The van der Waals surface area contributed by atoms with Crippen molar-refractivity contribution in [3.05, 3.63) is 62.6 Å². The van der Waals surface area contributed by atoms with Gasteiger partial charge in [0.2, 0.25) is 0 Å². The summed E-state index contributed by atoms with van der Waals surface area (Å²) in [4.78, 5) is 11.0. The monoisotopic (exact) mass is 353 g/mol. The lowest BCUT2D eigenvalue weighted by atomic mass is 10.1. The van der Waals surface area contributed by atoms with E-state index in [1.807, 2.05) is 25.1 Å². The van der Waals surface area contributed by atoms with Gasteiger partial charge in [-0.1, -0.05) is 33.6 Å². The number of carboxylic acid groups (broad SMARTS) is 1. The smallest absolute Gasteiger partial charge is 0.335 e. The minimum absolute atomic E-state index is 0.267. The van der Waals surface area contributed by atoms with E-state index in [1.54, 1.807) is 18.2 Å². The van der Waals surface area contributed by atoms with Gasteiger partial charge in [0.1, 0.15) is 0 Å². The van der Waals surface area contributed by atoms with Crippen LogP contribution in [-0.2, 0) is 6.54 Å². The Labute approximate surface area is 130 Å². The molecule has 0 bridgehead atoms. The van der Waals surface area contributed by atoms with Crippen molar-refractivity contribution < 1.29 is 9.90 Å². The van der Waals surface area contributed by atoms with Crippen LogP contribution in [0.1, 0.15) is 21.5 Å². The number of anilines is 1. The average molecular weight is 355 g/mol. The van der Waals surface area contributed by atoms with Gasteiger partial charge < -0.3 is 10.4 Å². The second kappa shape index (κ2) is 6.29. The first kappa shape index (κ1) is 14.9. The van der Waals surface area contributed by atoms with Crippen LogP contribution in [0.5, 0.6) is 0 Å². The van der Waals surface area contributed by atoms with Crippen molar-refractivity contribution in [3.63, 3.8) is 0 Å². The first-order chi connectivity index (χ1) is 9.47. The third kappa shape index (κ3) is 3.52. The van der Waals surface area contributed by atoms with Gasteiger partial charge in [-0.05, 0) is 48.4 Å². The van der Waals surface area contributed by atoms with Crippen molar-refractivity contribution in [2.45, 2.75) is 13.5 Å². The van der Waals surface area contributed by atoms with Gasteiger partial charge in [0.25, 0.3) is 0 Å². The van der Waals surface area contributed by atoms with Crippen LogP contribution in [0.3, 0.4) is 0 Å². The second-order valence-corrected chi connectivity index (χ2v) is 5.71. The molecule has 2 aromatic rings. The predicted octanol–water partition coefficient (Wildman–Crippen LogP) is 4.72. The Kier molecular flexibility index (Phi) is 4.68. The largest absolute Gasteiger partial charge is 0.478 e. The topological polar surface area (TPSA) is 49.3 Å². The van der Waals surface area contributed by atoms with E-state index >= 15 is 0 Å². The summed E-state index contributed by atoms with van der Waals surface area (Å²) < 4.78 is 0.960. The predicted molar refractivity (Wildman–Crippen MR) is 84.6 cm³/mol. The molecular weight excluding hydrogens is 342 g/mol. The molecule has 2 aromatic carbocycles. The first-order valence-electron chi connectivity index (χ1n) is 5.99. The molecule has 3 nitrogen and oxygen atoms in total. The van der Waals surface area contributed by atoms with Crippen molar-refractivity contribution in [1.82, 2.24) is 0 Å². The fraction of sp³-hybridized carbons (Fsp3) is 0.133. The third-order valence-electron chi connectivity index (χ3n) is 2.96. The SMILES string of the molecule is Cc1ccc(C(=O)O)cc1NCc1cc(Cl)ccc1Br. The highest BCUT2D eigenvalue weighted by atomic mass is 79.9. The maximum Gasteiger partial charge on any atom is 0.335 e. The first-order valence-corrected chi connectivity index (χ1v) is 7.16. The lowest BCUT2D eigenvalue weighted by Gasteiger charge is -2.12. The van der Waals surface area contributed by atoms with Crippen LogP contribution in [0.4, 0.5) is 5.69 Å². The van der Waals surface area contributed by atoms with E-state index in [-0.39, 0.29) is 5.56 Å². The molecule has 0 saturated carbocycles. The molecule has 2 N–H and O–H groups in total. The van der Waals surface area contributed by atoms with Gasteiger partial charge >= 0.3 is 5.97 Å². The summed E-state index contributed by atoms with van der Waals surface area (Å²) in [6, 6.07) is 10.6. The Hall–Kier alpha value is -1.52. The number of benzene rings is 2. The van der Waals surface area contributed by atoms with Crippen LogP contribution in [-0.4, -0.2) is 11.1 Å². The molecule has 0 radical (unpaired) electrons. The molecule has 0 aromatic heterocycles. The summed E-state index contributed by atoms with van der Waals surface area (Å²) in [6.07, 6.45) is 0. The lowest BCUT2D eigenvalue weighted by Crippen LogP contribution is -2.04. The van der Waals surface area contributed by atoms with Gasteiger partial charge in [0, 0.05) is 21.7 Å². The van der Waals surface area contributed by atoms with Gasteiger partial charge in [-0.2, -0.15) is 0 Å². The Morgan fingerprint density at radius 3 is 2.75 bits per heavy atom. The zero-order valence-corrected chi connectivity index (χ0v) is 13.1. The fourth-order valence-corrected chi connectivity index (χ4v) is 2.40. The molecule has 2 rings (SSSR count). The maximum atomic E-state index is 11.0. The number of aromatic carboxylic acids is 1. The summed E-state index contributed by atoms with van der Waals surface area (Å²) in [7, 11) is 0. The molecule has 5 heteroatoms. The lowest BCUT2D eigenvalue weighted by molar-refractivity contribution is 0.0697. The normalized spacial score (nSPS) is 10.3. The van der Waals surface area contributed by atoms with Crippen LogP contribution in [0.15, 0.2) is 40.9 Å². The summed E-state index contributed by atoms with van der Waals surface area (Å²) in [5.74, 6) is -0.933. The quantitative estimate of drug-likeness (QED) is 0.835. The maximum absolute atomic E-state index is 11.0. The molecule has 0 amide bonds. The molecule has 0 saturated heterocycles. The number of aryl methyl sites for hydroxylation is 1. The number of halogens is 2. The molecule has 0 aliphatic carbocycles. The van der Waals surface area contributed by atoms with E-state index in [4.69, 9.17) is 16.7 Å². The molecule has 0 fully saturated rings. The Morgan fingerprint density at radius 1 is 1.30 bits per heavy atom. The van der Waals surface area contributed by atoms with E-state index in [1.165, 1.54) is 0 Å². The highest BCUT2D eigenvalue weighted by Gasteiger charge is 2.07. The van der Waals surface area contributed by atoms with Crippen molar-refractivity contribution >= 4 is 39.2 Å². The minimum atomic E-state index is -0.933. The molecule has 0 spiro atoms. The highest BCUT2D eigenvalue weighted by Crippen LogP contribution is 2.23. The molecule has 0 heterocycles. The average Bonchev–Trinajstić information content (AvgIpc) is 2.41. The zero-order valence-electron chi connectivity index (χ0n) is 10.8. The van der Waals surface area contributed by atoms with E-state index in [2.05, 4.69) is 21.2 Å². The number of nitrogens with one attached hydrogen (secondary N) is 1. The van der Waals surface area contributed by atoms with Crippen molar-refractivity contribution in [2.75, 3.05) is 5.32 Å². The van der Waals surface area contributed by atoms with Crippen LogP contribution in [0.25, 0.3) is 0 Å². The highest BCUT2D eigenvalue weighted by molar-refractivity contribution is 9.10. The number of rotatable bonds is 4. The van der Waals surface area contributed by atoms with Crippen molar-refractivity contribution in [2.24, 2.45) is 0 Å².